The second kappa shape index (κ2) is 7.46. The highest BCUT2D eigenvalue weighted by Crippen LogP contribution is 2.31. The fraction of sp³-hybridized carbons (Fsp3) is 0.526. The van der Waals surface area contributed by atoms with Gasteiger partial charge in [0.05, 0.1) is 6.54 Å². The molecule has 1 aromatic rings. The van der Waals surface area contributed by atoms with Crippen molar-refractivity contribution >= 4 is 17.8 Å². The molecule has 1 atom stereocenters. The first-order chi connectivity index (χ1) is 12.8. The Hall–Kier alpha value is -2.77. The van der Waals surface area contributed by atoms with E-state index in [-0.39, 0.29) is 30.9 Å². The summed E-state index contributed by atoms with van der Waals surface area (Å²) in [6.45, 7) is 4.34. The van der Waals surface area contributed by atoms with Crippen LogP contribution in [0.25, 0.3) is 0 Å². The highest BCUT2D eigenvalue weighted by Gasteiger charge is 2.43. The summed E-state index contributed by atoms with van der Waals surface area (Å²) >= 11 is 0. The lowest BCUT2D eigenvalue weighted by Gasteiger charge is -2.29. The molecule has 0 aromatic heterocycles. The van der Waals surface area contributed by atoms with E-state index in [0.717, 1.165) is 0 Å². The van der Waals surface area contributed by atoms with Crippen LogP contribution in [0.1, 0.15) is 26.7 Å². The molecule has 3 rings (SSSR count). The minimum absolute atomic E-state index is 0.0660. The zero-order chi connectivity index (χ0) is 19.6. The number of nitrogens with zero attached hydrogens (tertiary/aromatic N) is 2. The molecule has 2 aliphatic rings. The van der Waals surface area contributed by atoms with E-state index in [1.807, 2.05) is 24.3 Å². The fourth-order valence-electron chi connectivity index (χ4n) is 3.16. The number of hydrogen-bond donors (Lipinski definition) is 1. The number of urea groups is 1. The van der Waals surface area contributed by atoms with Crippen LogP contribution in [0.2, 0.25) is 0 Å². The normalized spacial score (nSPS) is 20.4. The Morgan fingerprint density at radius 3 is 2.67 bits per heavy atom. The number of amides is 4. The number of imide groups is 1. The van der Waals surface area contributed by atoms with Crippen LogP contribution in [0.4, 0.5) is 4.79 Å². The molecular formula is C19H25N3O5. The van der Waals surface area contributed by atoms with Gasteiger partial charge in [-0.2, -0.15) is 0 Å². The van der Waals surface area contributed by atoms with Crippen LogP contribution < -0.4 is 14.8 Å². The van der Waals surface area contributed by atoms with Crippen molar-refractivity contribution in [1.29, 1.82) is 0 Å². The van der Waals surface area contributed by atoms with Crippen molar-refractivity contribution in [2.75, 3.05) is 26.7 Å². The van der Waals surface area contributed by atoms with E-state index in [2.05, 4.69) is 5.32 Å². The molecule has 0 spiro atoms. The average Bonchev–Trinajstić information content (AvgIpc) is 2.82. The van der Waals surface area contributed by atoms with Crippen molar-refractivity contribution in [3.63, 3.8) is 0 Å². The smallest absolute Gasteiger partial charge is 0.325 e. The standard InChI is InChI=1S/C19H25N3O5/c1-19(2)17(24)22(18(25)20-19)10-6-9-16(23)21(3)11-13-12-26-14-7-4-5-8-15(14)27-13/h4-5,7-8,13H,6,9-12H2,1-3H3,(H,20,25)/t13-/m1/s1. The summed E-state index contributed by atoms with van der Waals surface area (Å²) in [6.07, 6.45) is 0.433. The van der Waals surface area contributed by atoms with Gasteiger partial charge in [0.1, 0.15) is 12.1 Å². The minimum atomic E-state index is -0.882. The molecule has 27 heavy (non-hydrogen) atoms. The van der Waals surface area contributed by atoms with Gasteiger partial charge < -0.3 is 19.7 Å². The molecule has 1 aromatic carbocycles. The quantitative estimate of drug-likeness (QED) is 0.760. The molecule has 8 nitrogen and oxygen atoms in total. The van der Waals surface area contributed by atoms with Crippen molar-refractivity contribution in [2.24, 2.45) is 0 Å². The maximum absolute atomic E-state index is 12.4. The molecule has 8 heteroatoms. The van der Waals surface area contributed by atoms with Crippen molar-refractivity contribution in [3.8, 4) is 11.5 Å². The minimum Gasteiger partial charge on any atom is -0.486 e. The third-order valence-corrected chi connectivity index (χ3v) is 4.69. The summed E-state index contributed by atoms with van der Waals surface area (Å²) in [4.78, 5) is 39.1. The van der Waals surface area contributed by atoms with E-state index in [9.17, 15) is 14.4 Å². The zero-order valence-corrected chi connectivity index (χ0v) is 15.9. The Morgan fingerprint density at radius 1 is 1.30 bits per heavy atom. The van der Waals surface area contributed by atoms with Gasteiger partial charge in [0.2, 0.25) is 5.91 Å². The van der Waals surface area contributed by atoms with Crippen LogP contribution in [0.5, 0.6) is 11.5 Å². The second-order valence-electron chi connectivity index (χ2n) is 7.39. The highest BCUT2D eigenvalue weighted by molar-refractivity contribution is 6.06. The van der Waals surface area contributed by atoms with Crippen LogP contribution in [-0.4, -0.2) is 66.0 Å². The molecule has 0 radical (unpaired) electrons. The molecule has 0 bridgehead atoms. The van der Waals surface area contributed by atoms with Crippen LogP contribution >= 0.6 is 0 Å². The number of para-hydroxylation sites is 2. The Kier molecular flexibility index (Phi) is 5.25. The van der Waals surface area contributed by atoms with Crippen molar-refractivity contribution in [3.05, 3.63) is 24.3 Å². The molecule has 1 fully saturated rings. The molecule has 4 amide bonds. The molecule has 0 unspecified atom stereocenters. The van der Waals surface area contributed by atoms with Gasteiger partial charge in [-0.15, -0.1) is 0 Å². The maximum atomic E-state index is 12.4. The summed E-state index contributed by atoms with van der Waals surface area (Å²) in [7, 11) is 1.71. The molecule has 0 aliphatic carbocycles. The SMILES string of the molecule is CN(C[C@@H]1COc2ccccc2O1)C(=O)CCCN1C(=O)NC(C)(C)C1=O. The second-order valence-corrected chi connectivity index (χ2v) is 7.39. The summed E-state index contributed by atoms with van der Waals surface area (Å²) in [5.74, 6) is 1.05. The van der Waals surface area contributed by atoms with Crippen molar-refractivity contribution in [2.45, 2.75) is 38.3 Å². The lowest BCUT2D eigenvalue weighted by atomic mass is 10.1. The third kappa shape index (κ3) is 4.15. The molecular weight excluding hydrogens is 350 g/mol. The van der Waals surface area contributed by atoms with E-state index in [0.29, 0.717) is 31.1 Å². The fourth-order valence-corrected chi connectivity index (χ4v) is 3.16. The largest absolute Gasteiger partial charge is 0.486 e. The van der Waals surface area contributed by atoms with Gasteiger partial charge in [-0.05, 0) is 32.4 Å². The third-order valence-electron chi connectivity index (χ3n) is 4.69. The molecule has 0 saturated carbocycles. The van der Waals surface area contributed by atoms with Crippen molar-refractivity contribution in [1.82, 2.24) is 15.1 Å². The first kappa shape index (κ1) is 19.0. The summed E-state index contributed by atoms with van der Waals surface area (Å²) in [6, 6.07) is 7.03. The lowest BCUT2D eigenvalue weighted by Crippen LogP contribution is -2.42. The molecule has 146 valence electrons. The first-order valence-electron chi connectivity index (χ1n) is 9.04. The van der Waals surface area contributed by atoms with Crippen molar-refractivity contribution < 1.29 is 23.9 Å². The van der Waals surface area contributed by atoms with Gasteiger partial charge in [-0.1, -0.05) is 12.1 Å². The molecule has 1 saturated heterocycles. The van der Waals surface area contributed by atoms with Crippen LogP contribution in [0.15, 0.2) is 24.3 Å². The van der Waals surface area contributed by atoms with Crippen LogP contribution in [0.3, 0.4) is 0 Å². The lowest BCUT2D eigenvalue weighted by molar-refractivity contribution is -0.133. The highest BCUT2D eigenvalue weighted by atomic mass is 16.6. The Labute approximate surface area is 158 Å². The summed E-state index contributed by atoms with van der Waals surface area (Å²) in [5, 5.41) is 2.63. The number of nitrogens with one attached hydrogen (secondary N) is 1. The van der Waals surface area contributed by atoms with Gasteiger partial charge in [0, 0.05) is 20.0 Å². The summed E-state index contributed by atoms with van der Waals surface area (Å²) < 4.78 is 11.5. The van der Waals surface area contributed by atoms with Gasteiger partial charge in [-0.25, -0.2) is 4.79 Å². The van der Waals surface area contributed by atoms with Gasteiger partial charge in [-0.3, -0.25) is 14.5 Å². The number of benzene rings is 1. The molecule has 1 N–H and O–H groups in total. The van der Waals surface area contributed by atoms with Crippen LogP contribution in [0, 0.1) is 0 Å². The predicted molar refractivity (Wildman–Crippen MR) is 97.5 cm³/mol. The number of carbonyl (C=O) groups is 3. The molecule has 2 aliphatic heterocycles. The zero-order valence-electron chi connectivity index (χ0n) is 15.9. The van der Waals surface area contributed by atoms with E-state index < -0.39 is 11.6 Å². The van der Waals surface area contributed by atoms with E-state index in [4.69, 9.17) is 9.47 Å². The van der Waals surface area contributed by atoms with Gasteiger partial charge >= 0.3 is 6.03 Å². The predicted octanol–water partition coefficient (Wildman–Crippen LogP) is 1.40. The number of likely N-dealkylation sites (N-methyl/N-ethyl adjacent to an activating group) is 1. The Morgan fingerprint density at radius 2 is 2.00 bits per heavy atom. The monoisotopic (exact) mass is 375 g/mol. The number of fused-ring (bicyclic) bond motifs is 1. The van der Waals surface area contributed by atoms with E-state index >= 15 is 0 Å². The van der Waals surface area contributed by atoms with E-state index in [1.54, 1.807) is 25.8 Å². The first-order valence-corrected chi connectivity index (χ1v) is 9.04. The number of ether oxygens (including phenoxy) is 2. The number of hydrogen-bond acceptors (Lipinski definition) is 5. The Bertz CT molecular complexity index is 749. The summed E-state index contributed by atoms with van der Waals surface area (Å²) in [5.41, 5.74) is -0.882. The number of carbonyl (C=O) groups excluding carboxylic acids is 3. The average molecular weight is 375 g/mol. The Balaban J connectivity index is 1.44. The van der Waals surface area contributed by atoms with Gasteiger partial charge in [0.15, 0.2) is 17.6 Å². The van der Waals surface area contributed by atoms with Crippen LogP contribution in [-0.2, 0) is 9.59 Å². The van der Waals surface area contributed by atoms with E-state index in [1.165, 1.54) is 4.90 Å². The molecule has 2 heterocycles. The number of rotatable bonds is 6. The maximum Gasteiger partial charge on any atom is 0.325 e. The topological polar surface area (TPSA) is 88.2 Å². The van der Waals surface area contributed by atoms with Gasteiger partial charge in [0.25, 0.3) is 5.91 Å².